The normalized spacial score (nSPS) is 17.9. The second kappa shape index (κ2) is 5.15. The van der Waals surface area contributed by atoms with E-state index < -0.39 is 34.3 Å². The van der Waals surface area contributed by atoms with Crippen LogP contribution in [0, 0.1) is 0 Å². The molecule has 90 valence electrons. The maximum absolute atomic E-state index is 10.7. The van der Waals surface area contributed by atoms with Gasteiger partial charge in [0.25, 0.3) is 0 Å². The Morgan fingerprint density at radius 1 is 1.27 bits per heavy atom. The standard InChI is InChI=1S/C3H8O10P2/c4-1-2(5)3(6)12-15(10,11)13-14(7,8)9/h2,4-5H,1H2,(H,10,11)(H2,7,8,9). The molecule has 12 heteroatoms. The molecule has 0 saturated carbocycles. The van der Waals surface area contributed by atoms with E-state index in [1.165, 1.54) is 0 Å². The van der Waals surface area contributed by atoms with Crippen LogP contribution in [0.1, 0.15) is 0 Å². The number of phosphoric ester groups is 1. The van der Waals surface area contributed by atoms with E-state index >= 15 is 0 Å². The van der Waals surface area contributed by atoms with Crippen LogP contribution in [0.15, 0.2) is 0 Å². The Balaban J connectivity index is 4.46. The van der Waals surface area contributed by atoms with E-state index in [1.54, 1.807) is 0 Å². The van der Waals surface area contributed by atoms with Crippen molar-refractivity contribution in [1.29, 1.82) is 0 Å². The number of carbonyl (C=O) groups excluding carboxylic acids is 1. The Bertz CT molecular complexity index is 317. The lowest BCUT2D eigenvalue weighted by Crippen LogP contribution is -2.25. The van der Waals surface area contributed by atoms with Gasteiger partial charge in [-0.1, -0.05) is 0 Å². The lowest BCUT2D eigenvalue weighted by molar-refractivity contribution is -0.146. The predicted octanol–water partition coefficient (Wildman–Crippen LogP) is -1.91. The van der Waals surface area contributed by atoms with Crippen molar-refractivity contribution in [2.75, 3.05) is 6.61 Å². The number of phosphoric acid groups is 2. The van der Waals surface area contributed by atoms with Crippen molar-refractivity contribution in [1.82, 2.24) is 0 Å². The fourth-order valence-electron chi connectivity index (χ4n) is 0.400. The van der Waals surface area contributed by atoms with E-state index in [0.29, 0.717) is 0 Å². The van der Waals surface area contributed by atoms with Gasteiger partial charge in [0.2, 0.25) is 0 Å². The van der Waals surface area contributed by atoms with Gasteiger partial charge in [-0.05, 0) is 0 Å². The Hall–Kier alpha value is -0.310. The molecule has 10 nitrogen and oxygen atoms in total. The number of aliphatic hydroxyl groups is 2. The average Bonchev–Trinajstić information content (AvgIpc) is 1.96. The summed E-state index contributed by atoms with van der Waals surface area (Å²) in [5.74, 6) is -1.75. The lowest BCUT2D eigenvalue weighted by atomic mass is 10.4. The number of aliphatic hydroxyl groups excluding tert-OH is 2. The van der Waals surface area contributed by atoms with Gasteiger partial charge in [0.1, 0.15) is 0 Å². The number of carbonyl (C=O) groups is 1. The second-order valence-corrected chi connectivity index (χ2v) is 4.90. The molecule has 0 spiro atoms. The van der Waals surface area contributed by atoms with Crippen molar-refractivity contribution < 1.29 is 47.7 Å². The quantitative estimate of drug-likeness (QED) is 0.353. The third-order valence-electron chi connectivity index (χ3n) is 0.860. The van der Waals surface area contributed by atoms with Gasteiger partial charge in [0, 0.05) is 0 Å². The number of hydrogen-bond acceptors (Lipinski definition) is 7. The molecule has 0 aromatic heterocycles. The van der Waals surface area contributed by atoms with E-state index in [0.717, 1.165) is 0 Å². The summed E-state index contributed by atoms with van der Waals surface area (Å²) in [6.45, 7) is -1.09. The highest BCUT2D eigenvalue weighted by atomic mass is 31.3. The summed E-state index contributed by atoms with van der Waals surface area (Å²) in [4.78, 5) is 35.4. The zero-order valence-corrected chi connectivity index (χ0v) is 8.75. The van der Waals surface area contributed by atoms with Gasteiger partial charge in [-0.3, -0.25) is 4.89 Å². The fraction of sp³-hybridized carbons (Fsp3) is 0.667. The molecule has 0 aliphatic carbocycles. The molecule has 15 heavy (non-hydrogen) atoms. The van der Waals surface area contributed by atoms with Crippen molar-refractivity contribution in [2.45, 2.75) is 6.10 Å². The number of rotatable bonds is 5. The van der Waals surface area contributed by atoms with Crippen LogP contribution in [0.25, 0.3) is 0 Å². The molecule has 0 rings (SSSR count). The van der Waals surface area contributed by atoms with Crippen molar-refractivity contribution in [3.8, 4) is 0 Å². The van der Waals surface area contributed by atoms with Crippen molar-refractivity contribution in [3.05, 3.63) is 0 Å². The maximum Gasteiger partial charge on any atom is 0.538 e. The van der Waals surface area contributed by atoms with Gasteiger partial charge < -0.3 is 24.5 Å². The monoisotopic (exact) mass is 266 g/mol. The van der Waals surface area contributed by atoms with Gasteiger partial charge in [-0.2, -0.15) is 4.31 Å². The molecular formula is C3H8O10P2. The molecule has 0 aromatic rings. The van der Waals surface area contributed by atoms with Crippen molar-refractivity contribution >= 4 is 21.6 Å². The fourth-order valence-corrected chi connectivity index (χ4v) is 1.96. The van der Waals surface area contributed by atoms with Crippen molar-refractivity contribution in [3.63, 3.8) is 0 Å². The summed E-state index contributed by atoms with van der Waals surface area (Å²) >= 11 is 0. The van der Waals surface area contributed by atoms with Crippen LogP contribution in [0.2, 0.25) is 0 Å². The topological polar surface area (TPSA) is 171 Å². The average molecular weight is 266 g/mol. The summed E-state index contributed by atoms with van der Waals surface area (Å²) in [6, 6.07) is 0. The molecule has 0 heterocycles. The van der Waals surface area contributed by atoms with E-state index in [2.05, 4.69) is 8.83 Å². The van der Waals surface area contributed by atoms with Gasteiger partial charge in [0.05, 0.1) is 6.61 Å². The molecule has 5 N–H and O–H groups in total. The molecular weight excluding hydrogens is 258 g/mol. The molecule has 0 fully saturated rings. The minimum atomic E-state index is -5.32. The van der Waals surface area contributed by atoms with E-state index in [1.807, 2.05) is 0 Å². The summed E-state index contributed by atoms with van der Waals surface area (Å²) in [7, 11) is -10.6. The molecule has 2 atom stereocenters. The molecule has 0 aromatic carbocycles. The summed E-state index contributed by atoms with van der Waals surface area (Å²) in [5.41, 5.74) is 0. The first-order chi connectivity index (χ1) is 6.57. The first-order valence-corrected chi connectivity index (χ1v) is 6.22. The molecule has 2 unspecified atom stereocenters. The third-order valence-corrected chi connectivity index (χ3v) is 2.95. The Morgan fingerprint density at radius 3 is 2.07 bits per heavy atom. The first kappa shape index (κ1) is 14.7. The predicted molar refractivity (Wildman–Crippen MR) is 42.1 cm³/mol. The minimum absolute atomic E-state index is 1.09. The Labute approximate surface area is 82.9 Å². The van der Waals surface area contributed by atoms with Crippen LogP contribution >= 0.6 is 15.6 Å². The zero-order chi connectivity index (χ0) is 12.3. The SMILES string of the molecule is O=C(OP(=O)(O)OP(=O)(O)O)C(O)CO. The van der Waals surface area contributed by atoms with Crippen LogP contribution in [-0.4, -0.2) is 43.6 Å². The highest BCUT2D eigenvalue weighted by Crippen LogP contribution is 2.57. The van der Waals surface area contributed by atoms with Crippen LogP contribution < -0.4 is 0 Å². The smallest absolute Gasteiger partial charge is 0.393 e. The van der Waals surface area contributed by atoms with Gasteiger partial charge in [-0.25, -0.2) is 13.9 Å². The van der Waals surface area contributed by atoms with Crippen LogP contribution in [-0.2, 0) is 22.8 Å². The van der Waals surface area contributed by atoms with Crippen LogP contribution in [0.4, 0.5) is 0 Å². The van der Waals surface area contributed by atoms with Gasteiger partial charge in [0.15, 0.2) is 6.10 Å². The maximum atomic E-state index is 10.7. The molecule has 0 aliphatic heterocycles. The third kappa shape index (κ3) is 6.72. The Morgan fingerprint density at radius 2 is 1.73 bits per heavy atom. The molecule has 0 aliphatic rings. The van der Waals surface area contributed by atoms with E-state index in [9.17, 15) is 13.9 Å². The van der Waals surface area contributed by atoms with Crippen molar-refractivity contribution in [2.24, 2.45) is 0 Å². The van der Waals surface area contributed by atoms with E-state index in [-0.39, 0.29) is 0 Å². The highest BCUT2D eigenvalue weighted by molar-refractivity contribution is 7.61. The largest absolute Gasteiger partial charge is 0.538 e. The van der Waals surface area contributed by atoms with Crippen LogP contribution in [0.5, 0.6) is 0 Å². The Kier molecular flexibility index (Phi) is 5.04. The first-order valence-electron chi connectivity index (χ1n) is 3.19. The summed E-state index contributed by atoms with van der Waals surface area (Å²) in [6.07, 6.45) is -2.11. The van der Waals surface area contributed by atoms with Gasteiger partial charge in [-0.15, -0.1) is 0 Å². The zero-order valence-electron chi connectivity index (χ0n) is 6.96. The highest BCUT2D eigenvalue weighted by Gasteiger charge is 2.37. The molecule has 0 radical (unpaired) electrons. The molecule has 0 amide bonds. The molecule has 0 saturated heterocycles. The van der Waals surface area contributed by atoms with Gasteiger partial charge >= 0.3 is 21.6 Å². The molecule has 0 bridgehead atoms. The van der Waals surface area contributed by atoms with E-state index in [4.69, 9.17) is 24.9 Å². The van der Waals surface area contributed by atoms with Crippen LogP contribution in [0.3, 0.4) is 0 Å². The lowest BCUT2D eigenvalue weighted by Gasteiger charge is -2.13. The summed E-state index contributed by atoms with van der Waals surface area (Å²) in [5, 5.41) is 16.8. The number of hydrogen-bond donors (Lipinski definition) is 5. The minimum Gasteiger partial charge on any atom is -0.393 e. The second-order valence-electron chi connectivity index (χ2n) is 2.15. The summed E-state index contributed by atoms with van der Waals surface area (Å²) < 4.78 is 27.5.